The third kappa shape index (κ3) is 3.41. The highest BCUT2D eigenvalue weighted by atomic mass is 16.5. The van der Waals surface area contributed by atoms with Crippen molar-refractivity contribution in [1.29, 1.82) is 0 Å². The quantitative estimate of drug-likeness (QED) is 0.754. The molecule has 0 atom stereocenters. The predicted molar refractivity (Wildman–Crippen MR) is 105 cm³/mol. The molecule has 2 aromatic carbocycles. The number of pyridine rings is 1. The maximum Gasteiger partial charge on any atom is 0.335 e. The van der Waals surface area contributed by atoms with Crippen LogP contribution in [-0.2, 0) is 0 Å². The number of amides is 1. The Morgan fingerprint density at radius 3 is 2.46 bits per heavy atom. The number of hydrogen-bond donors (Lipinski definition) is 1. The van der Waals surface area contributed by atoms with Crippen molar-refractivity contribution < 1.29 is 19.4 Å². The molecule has 142 valence electrons. The first kappa shape index (κ1) is 18.0. The molecular weight excluding hydrogens is 356 g/mol. The molecule has 0 bridgehead atoms. The highest BCUT2D eigenvalue weighted by molar-refractivity contribution is 6.06. The first-order chi connectivity index (χ1) is 13.4. The Morgan fingerprint density at radius 2 is 1.79 bits per heavy atom. The van der Waals surface area contributed by atoms with Crippen molar-refractivity contribution in [3.05, 3.63) is 70.9 Å². The average Bonchev–Trinajstić information content (AvgIpc) is 2.64. The Kier molecular flexibility index (Phi) is 4.47. The lowest BCUT2D eigenvalue weighted by Crippen LogP contribution is -2.56. The van der Waals surface area contributed by atoms with E-state index in [4.69, 9.17) is 9.84 Å². The van der Waals surface area contributed by atoms with Crippen LogP contribution in [0.25, 0.3) is 10.9 Å². The number of nitrogens with zero attached hydrogens (tertiary/aromatic N) is 2. The summed E-state index contributed by atoms with van der Waals surface area (Å²) in [4.78, 5) is 30.2. The minimum atomic E-state index is -0.970. The second kappa shape index (κ2) is 6.96. The summed E-state index contributed by atoms with van der Waals surface area (Å²) in [5, 5.41) is 9.81. The number of aryl methyl sites for hydroxylation is 2. The van der Waals surface area contributed by atoms with Crippen LogP contribution in [0, 0.1) is 13.8 Å². The van der Waals surface area contributed by atoms with Gasteiger partial charge in [0.25, 0.3) is 5.91 Å². The van der Waals surface area contributed by atoms with Gasteiger partial charge in [0.15, 0.2) is 0 Å². The molecule has 28 heavy (non-hydrogen) atoms. The predicted octanol–water partition coefficient (Wildman–Crippen LogP) is 3.45. The van der Waals surface area contributed by atoms with E-state index in [0.29, 0.717) is 24.4 Å². The molecule has 0 radical (unpaired) electrons. The van der Waals surface area contributed by atoms with Crippen LogP contribution >= 0.6 is 0 Å². The molecule has 6 nitrogen and oxygen atoms in total. The van der Waals surface area contributed by atoms with Crippen LogP contribution in [0.3, 0.4) is 0 Å². The van der Waals surface area contributed by atoms with E-state index < -0.39 is 5.97 Å². The summed E-state index contributed by atoms with van der Waals surface area (Å²) in [6, 6.07) is 14.0. The fraction of sp³-hybridized carbons (Fsp3) is 0.227. The van der Waals surface area contributed by atoms with Crippen LogP contribution in [0.15, 0.2) is 48.5 Å². The molecule has 0 spiro atoms. The number of carbonyl (C=O) groups excluding carboxylic acids is 1. The van der Waals surface area contributed by atoms with Crippen LogP contribution in [-0.4, -0.2) is 46.1 Å². The number of rotatable bonds is 4. The van der Waals surface area contributed by atoms with E-state index in [2.05, 4.69) is 4.98 Å². The molecule has 1 saturated heterocycles. The molecule has 0 aliphatic carbocycles. The maximum atomic E-state index is 13.0. The first-order valence-corrected chi connectivity index (χ1v) is 9.08. The number of aromatic carboxylic acids is 1. The van der Waals surface area contributed by atoms with Gasteiger partial charge in [0.05, 0.1) is 29.7 Å². The van der Waals surface area contributed by atoms with Gasteiger partial charge < -0.3 is 14.7 Å². The number of hydrogen-bond acceptors (Lipinski definition) is 4. The van der Waals surface area contributed by atoms with Crippen LogP contribution < -0.4 is 4.74 Å². The lowest BCUT2D eigenvalue weighted by molar-refractivity contribution is 0.0179. The zero-order valence-electron chi connectivity index (χ0n) is 15.7. The maximum absolute atomic E-state index is 13.0. The minimum Gasteiger partial charge on any atom is -0.487 e. The van der Waals surface area contributed by atoms with Gasteiger partial charge in [-0.3, -0.25) is 9.78 Å². The lowest BCUT2D eigenvalue weighted by atomic mass is 10.0. The van der Waals surface area contributed by atoms with E-state index in [-0.39, 0.29) is 17.6 Å². The van der Waals surface area contributed by atoms with Crippen molar-refractivity contribution in [2.45, 2.75) is 20.0 Å². The number of ether oxygens (including phenoxy) is 1. The van der Waals surface area contributed by atoms with Gasteiger partial charge >= 0.3 is 5.97 Å². The molecule has 1 amide bonds. The normalized spacial score (nSPS) is 14.0. The Morgan fingerprint density at radius 1 is 1.07 bits per heavy atom. The van der Waals surface area contributed by atoms with Crippen molar-refractivity contribution in [2.24, 2.45) is 0 Å². The molecule has 1 N–H and O–H groups in total. The third-order valence-electron chi connectivity index (χ3n) is 4.86. The second-order valence-corrected chi connectivity index (χ2v) is 7.11. The van der Waals surface area contributed by atoms with Gasteiger partial charge in [0.2, 0.25) is 0 Å². The summed E-state index contributed by atoms with van der Waals surface area (Å²) in [5.74, 6) is -0.396. The van der Waals surface area contributed by atoms with E-state index in [1.807, 2.05) is 38.1 Å². The number of aromatic nitrogens is 1. The van der Waals surface area contributed by atoms with E-state index in [1.165, 1.54) is 12.1 Å². The number of carboxylic acid groups (broad SMARTS) is 1. The van der Waals surface area contributed by atoms with Gasteiger partial charge in [-0.1, -0.05) is 11.6 Å². The highest BCUT2D eigenvalue weighted by Gasteiger charge is 2.33. The summed E-state index contributed by atoms with van der Waals surface area (Å²) in [7, 11) is 0. The molecule has 0 unspecified atom stereocenters. The zero-order valence-corrected chi connectivity index (χ0v) is 15.7. The second-order valence-electron chi connectivity index (χ2n) is 7.11. The smallest absolute Gasteiger partial charge is 0.335 e. The van der Waals surface area contributed by atoms with Crippen molar-refractivity contribution >= 4 is 22.8 Å². The van der Waals surface area contributed by atoms with Gasteiger partial charge in [-0.2, -0.15) is 0 Å². The summed E-state index contributed by atoms with van der Waals surface area (Å²) in [6.07, 6.45) is -0.101. The number of likely N-dealkylation sites (tertiary alicyclic amines) is 1. The summed E-state index contributed by atoms with van der Waals surface area (Å²) in [6.45, 7) is 4.87. The Hall–Kier alpha value is -3.41. The van der Waals surface area contributed by atoms with Crippen molar-refractivity contribution in [2.75, 3.05) is 13.1 Å². The largest absolute Gasteiger partial charge is 0.487 e. The van der Waals surface area contributed by atoms with E-state index in [9.17, 15) is 9.59 Å². The average molecular weight is 376 g/mol. The summed E-state index contributed by atoms with van der Waals surface area (Å²) in [5.41, 5.74) is 3.60. The SMILES string of the molecule is Cc1ccc2nc(C)cc(C(=O)N3CC(Oc4ccc(C(=O)O)cc4)C3)c2c1. The molecule has 4 rings (SSSR count). The molecule has 1 aromatic heterocycles. The molecule has 1 aliphatic rings. The monoisotopic (exact) mass is 376 g/mol. The van der Waals surface area contributed by atoms with Gasteiger partial charge in [0.1, 0.15) is 11.9 Å². The highest BCUT2D eigenvalue weighted by Crippen LogP contribution is 2.25. The van der Waals surface area contributed by atoms with Crippen LogP contribution in [0.1, 0.15) is 32.0 Å². The van der Waals surface area contributed by atoms with E-state index in [0.717, 1.165) is 22.2 Å². The number of fused-ring (bicyclic) bond motifs is 1. The molecule has 1 fully saturated rings. The molecule has 1 aliphatic heterocycles. The number of carboxylic acids is 1. The van der Waals surface area contributed by atoms with Crippen molar-refractivity contribution in [3.8, 4) is 5.75 Å². The molecule has 3 aromatic rings. The van der Waals surface area contributed by atoms with Gasteiger partial charge in [-0.25, -0.2) is 4.79 Å². The standard InChI is InChI=1S/C22H20N2O4/c1-13-3-8-20-18(9-13)19(10-14(2)23-20)21(25)24-11-17(12-24)28-16-6-4-15(5-7-16)22(26)27/h3-10,17H,11-12H2,1-2H3,(H,26,27). The van der Waals surface area contributed by atoms with Crippen LogP contribution in [0.2, 0.25) is 0 Å². The van der Waals surface area contributed by atoms with Crippen molar-refractivity contribution in [3.63, 3.8) is 0 Å². The summed E-state index contributed by atoms with van der Waals surface area (Å²) < 4.78 is 5.83. The molecular formula is C22H20N2O4. The molecule has 2 heterocycles. The Labute approximate surface area is 162 Å². The fourth-order valence-corrected chi connectivity index (χ4v) is 3.37. The first-order valence-electron chi connectivity index (χ1n) is 9.08. The van der Waals surface area contributed by atoms with E-state index >= 15 is 0 Å². The van der Waals surface area contributed by atoms with E-state index in [1.54, 1.807) is 17.0 Å². The van der Waals surface area contributed by atoms with Crippen LogP contribution in [0.5, 0.6) is 5.75 Å². The topological polar surface area (TPSA) is 79.7 Å². The van der Waals surface area contributed by atoms with Crippen LogP contribution in [0.4, 0.5) is 0 Å². The van der Waals surface area contributed by atoms with Crippen molar-refractivity contribution in [1.82, 2.24) is 9.88 Å². The lowest BCUT2D eigenvalue weighted by Gasteiger charge is -2.39. The van der Waals surface area contributed by atoms with Gasteiger partial charge in [-0.15, -0.1) is 0 Å². The van der Waals surface area contributed by atoms with Gasteiger partial charge in [-0.05, 0) is 56.3 Å². The zero-order chi connectivity index (χ0) is 19.8. The third-order valence-corrected chi connectivity index (χ3v) is 4.86. The number of carbonyl (C=O) groups is 2. The Balaban J connectivity index is 1.46. The fourth-order valence-electron chi connectivity index (χ4n) is 3.37. The molecule has 6 heteroatoms. The number of benzene rings is 2. The van der Waals surface area contributed by atoms with Gasteiger partial charge in [0, 0.05) is 11.1 Å². The molecule has 0 saturated carbocycles. The summed E-state index contributed by atoms with van der Waals surface area (Å²) >= 11 is 0. The Bertz CT molecular complexity index is 1070. The minimum absolute atomic E-state index is 0.0258.